The number of amides is 2. The Labute approximate surface area is 189 Å². The zero-order chi connectivity index (χ0) is 22.1. The number of hydrogen-bond donors (Lipinski definition) is 1. The van der Waals surface area contributed by atoms with Crippen LogP contribution in [0.25, 0.3) is 0 Å². The van der Waals surface area contributed by atoms with Crippen LogP contribution in [0.3, 0.4) is 0 Å². The molecule has 7 nitrogen and oxygen atoms in total. The summed E-state index contributed by atoms with van der Waals surface area (Å²) in [6.07, 6.45) is 0.107. The second-order valence-corrected chi connectivity index (χ2v) is 7.92. The van der Waals surface area contributed by atoms with Gasteiger partial charge in [-0.1, -0.05) is 29.8 Å². The van der Waals surface area contributed by atoms with Gasteiger partial charge in [0, 0.05) is 29.7 Å². The van der Waals surface area contributed by atoms with E-state index in [9.17, 15) is 9.59 Å². The number of anilines is 2. The van der Waals surface area contributed by atoms with Gasteiger partial charge in [0.2, 0.25) is 18.6 Å². The molecule has 1 atom stereocenters. The average molecular weight is 451 g/mol. The number of para-hydroxylation sites is 1. The van der Waals surface area contributed by atoms with Gasteiger partial charge < -0.3 is 24.4 Å². The van der Waals surface area contributed by atoms with Crippen molar-refractivity contribution in [3.8, 4) is 23.0 Å². The first kappa shape index (κ1) is 20.2. The minimum absolute atomic E-state index is 0.107. The summed E-state index contributed by atoms with van der Waals surface area (Å²) in [7, 11) is 0. The van der Waals surface area contributed by atoms with Crippen molar-refractivity contribution >= 4 is 34.8 Å². The van der Waals surface area contributed by atoms with Crippen molar-refractivity contribution in [1.29, 1.82) is 0 Å². The standard InChI is InChI=1S/C24H19ClN2O5/c25-16-6-8-20(32-18-4-2-1-3-5-18)19(11-16)26-24(29)15-10-23(28)27(13-15)17-7-9-21-22(12-17)31-14-30-21/h1-9,11-12,15H,10,13-14H2,(H,26,29). The normalized spacial score (nSPS) is 16.8. The number of benzene rings is 3. The van der Waals surface area contributed by atoms with Gasteiger partial charge in [-0.2, -0.15) is 0 Å². The molecular weight excluding hydrogens is 432 g/mol. The fourth-order valence-electron chi connectivity index (χ4n) is 3.73. The lowest BCUT2D eigenvalue weighted by Gasteiger charge is -2.18. The lowest BCUT2D eigenvalue weighted by atomic mass is 10.1. The van der Waals surface area contributed by atoms with Crippen molar-refractivity contribution in [2.45, 2.75) is 6.42 Å². The van der Waals surface area contributed by atoms with E-state index >= 15 is 0 Å². The second-order valence-electron chi connectivity index (χ2n) is 7.49. The molecule has 2 aliphatic heterocycles. The van der Waals surface area contributed by atoms with Crippen molar-refractivity contribution in [3.05, 3.63) is 71.8 Å². The number of rotatable bonds is 5. The number of nitrogens with zero attached hydrogens (tertiary/aromatic N) is 1. The number of halogens is 1. The summed E-state index contributed by atoms with van der Waals surface area (Å²) in [5.41, 5.74) is 1.12. The minimum Gasteiger partial charge on any atom is -0.455 e. The van der Waals surface area contributed by atoms with Crippen LogP contribution in [-0.4, -0.2) is 25.2 Å². The largest absolute Gasteiger partial charge is 0.455 e. The van der Waals surface area contributed by atoms with Gasteiger partial charge in [0.15, 0.2) is 17.2 Å². The average Bonchev–Trinajstić information content (AvgIpc) is 3.42. The molecule has 1 unspecified atom stereocenters. The highest BCUT2D eigenvalue weighted by Crippen LogP contribution is 2.38. The van der Waals surface area contributed by atoms with E-state index in [0.717, 1.165) is 0 Å². The van der Waals surface area contributed by atoms with Crippen LogP contribution in [0.15, 0.2) is 66.7 Å². The maximum absolute atomic E-state index is 13.0. The first-order valence-electron chi connectivity index (χ1n) is 10.1. The van der Waals surface area contributed by atoms with Crippen LogP contribution in [0.4, 0.5) is 11.4 Å². The van der Waals surface area contributed by atoms with Crippen molar-refractivity contribution in [2.24, 2.45) is 5.92 Å². The Bertz CT molecular complexity index is 1180. The van der Waals surface area contributed by atoms with Crippen molar-refractivity contribution < 1.29 is 23.8 Å². The van der Waals surface area contributed by atoms with Crippen LogP contribution < -0.4 is 24.4 Å². The van der Waals surface area contributed by atoms with Gasteiger partial charge in [-0.3, -0.25) is 9.59 Å². The number of carbonyl (C=O) groups excluding carboxylic acids is 2. The molecule has 0 saturated carbocycles. The molecule has 3 aromatic carbocycles. The van der Waals surface area contributed by atoms with Gasteiger partial charge in [-0.25, -0.2) is 0 Å². The molecule has 8 heteroatoms. The zero-order valence-corrected chi connectivity index (χ0v) is 17.7. The third-order valence-corrected chi connectivity index (χ3v) is 5.57. The molecule has 0 bridgehead atoms. The van der Waals surface area contributed by atoms with Crippen molar-refractivity contribution in [3.63, 3.8) is 0 Å². The molecule has 0 radical (unpaired) electrons. The highest BCUT2D eigenvalue weighted by atomic mass is 35.5. The van der Waals surface area contributed by atoms with Crippen molar-refractivity contribution in [2.75, 3.05) is 23.6 Å². The Kier molecular flexibility index (Phi) is 5.33. The molecule has 0 aliphatic carbocycles. The molecule has 32 heavy (non-hydrogen) atoms. The molecule has 1 saturated heterocycles. The van der Waals surface area contributed by atoms with Gasteiger partial charge in [-0.15, -0.1) is 0 Å². The fraction of sp³-hybridized carbons (Fsp3) is 0.167. The van der Waals surface area contributed by atoms with Crippen LogP contribution in [0.1, 0.15) is 6.42 Å². The lowest BCUT2D eigenvalue weighted by molar-refractivity contribution is -0.122. The van der Waals surface area contributed by atoms with Crippen LogP contribution in [0, 0.1) is 5.92 Å². The molecule has 0 spiro atoms. The highest BCUT2D eigenvalue weighted by molar-refractivity contribution is 6.31. The number of carbonyl (C=O) groups is 2. The van der Waals surface area contributed by atoms with Gasteiger partial charge >= 0.3 is 0 Å². The summed E-state index contributed by atoms with van der Waals surface area (Å²) in [6.45, 7) is 0.421. The van der Waals surface area contributed by atoms with Gasteiger partial charge in [0.1, 0.15) is 5.75 Å². The van der Waals surface area contributed by atoms with E-state index in [1.807, 2.05) is 30.3 Å². The Morgan fingerprint density at radius 2 is 1.84 bits per heavy atom. The SMILES string of the molecule is O=C(Nc1cc(Cl)ccc1Oc1ccccc1)C1CC(=O)N(c2ccc3c(c2)OCO3)C1. The van der Waals surface area contributed by atoms with Gasteiger partial charge in [0.05, 0.1) is 11.6 Å². The van der Waals surface area contributed by atoms with Crippen molar-refractivity contribution in [1.82, 2.24) is 0 Å². The van der Waals surface area contributed by atoms with E-state index in [-0.39, 0.29) is 31.6 Å². The predicted octanol–water partition coefficient (Wildman–Crippen LogP) is 4.85. The van der Waals surface area contributed by atoms with E-state index in [0.29, 0.717) is 39.4 Å². The number of fused-ring (bicyclic) bond motifs is 1. The summed E-state index contributed by atoms with van der Waals surface area (Å²) in [5.74, 6) is 1.40. The molecule has 0 aromatic heterocycles. The van der Waals surface area contributed by atoms with E-state index in [1.165, 1.54) is 0 Å². The molecule has 2 amide bonds. The molecule has 3 aromatic rings. The monoisotopic (exact) mass is 450 g/mol. The van der Waals surface area contributed by atoms with E-state index < -0.39 is 5.92 Å². The maximum Gasteiger partial charge on any atom is 0.231 e. The minimum atomic E-state index is -0.517. The molecule has 162 valence electrons. The summed E-state index contributed by atoms with van der Waals surface area (Å²) >= 11 is 6.14. The number of ether oxygens (including phenoxy) is 3. The Morgan fingerprint density at radius 3 is 2.69 bits per heavy atom. The Morgan fingerprint density at radius 1 is 1.03 bits per heavy atom. The molecule has 5 rings (SSSR count). The third kappa shape index (κ3) is 4.07. The smallest absolute Gasteiger partial charge is 0.231 e. The van der Waals surface area contributed by atoms with E-state index in [2.05, 4.69) is 5.32 Å². The second kappa shape index (κ2) is 8.43. The molecule has 1 N–H and O–H groups in total. The van der Waals surface area contributed by atoms with E-state index in [1.54, 1.807) is 41.3 Å². The third-order valence-electron chi connectivity index (χ3n) is 5.33. The number of hydrogen-bond acceptors (Lipinski definition) is 5. The first-order valence-corrected chi connectivity index (χ1v) is 10.5. The predicted molar refractivity (Wildman–Crippen MR) is 120 cm³/mol. The Hall–Kier alpha value is -3.71. The zero-order valence-electron chi connectivity index (χ0n) is 16.9. The fourth-order valence-corrected chi connectivity index (χ4v) is 3.90. The molecule has 2 aliphatic rings. The molecule has 2 heterocycles. The van der Waals surface area contributed by atoms with Crippen LogP contribution in [0.5, 0.6) is 23.0 Å². The molecule has 1 fully saturated rings. The summed E-state index contributed by atoms with van der Waals surface area (Å²) < 4.78 is 16.6. The van der Waals surface area contributed by atoms with Gasteiger partial charge in [-0.05, 0) is 42.5 Å². The first-order chi connectivity index (χ1) is 15.6. The highest BCUT2D eigenvalue weighted by Gasteiger charge is 2.36. The summed E-state index contributed by atoms with van der Waals surface area (Å²) in [5, 5.41) is 3.34. The van der Waals surface area contributed by atoms with Crippen LogP contribution >= 0.6 is 11.6 Å². The van der Waals surface area contributed by atoms with Crippen LogP contribution in [-0.2, 0) is 9.59 Å². The van der Waals surface area contributed by atoms with Gasteiger partial charge in [0.25, 0.3) is 0 Å². The summed E-state index contributed by atoms with van der Waals surface area (Å²) in [6, 6.07) is 19.6. The lowest BCUT2D eigenvalue weighted by Crippen LogP contribution is -2.28. The summed E-state index contributed by atoms with van der Waals surface area (Å²) in [4.78, 5) is 27.2. The number of nitrogens with one attached hydrogen (secondary N) is 1. The van der Waals surface area contributed by atoms with E-state index in [4.69, 9.17) is 25.8 Å². The quantitative estimate of drug-likeness (QED) is 0.601. The topological polar surface area (TPSA) is 77.1 Å². The maximum atomic E-state index is 13.0. The molecular formula is C24H19ClN2O5. The Balaban J connectivity index is 1.31. The van der Waals surface area contributed by atoms with Crippen LogP contribution in [0.2, 0.25) is 5.02 Å².